The molecular formula is C15H18ClNS. The van der Waals surface area contributed by atoms with Crippen LogP contribution in [0.2, 0.25) is 5.02 Å². The van der Waals surface area contributed by atoms with Crippen molar-refractivity contribution in [2.24, 2.45) is 11.3 Å². The van der Waals surface area contributed by atoms with Crippen molar-refractivity contribution in [2.75, 3.05) is 0 Å². The topological polar surface area (TPSA) is 23.8 Å². The molecule has 0 amide bonds. The fourth-order valence-corrected chi connectivity index (χ4v) is 3.74. The molecule has 0 aliphatic heterocycles. The fourth-order valence-electron chi connectivity index (χ4n) is 2.27. The summed E-state index contributed by atoms with van der Waals surface area (Å²) in [4.78, 5) is 1.13. The third-order valence-electron chi connectivity index (χ3n) is 3.71. The van der Waals surface area contributed by atoms with Crippen LogP contribution in [0, 0.1) is 22.7 Å². The molecule has 1 aliphatic rings. The van der Waals surface area contributed by atoms with Crippen molar-refractivity contribution in [3.05, 3.63) is 29.3 Å². The average Bonchev–Trinajstić information content (AvgIpc) is 2.24. The van der Waals surface area contributed by atoms with Gasteiger partial charge in [-0.25, -0.2) is 0 Å². The predicted molar refractivity (Wildman–Crippen MR) is 77.8 cm³/mol. The second kappa shape index (κ2) is 4.79. The summed E-state index contributed by atoms with van der Waals surface area (Å²) >= 11 is 7.56. The molecule has 0 N–H and O–H groups in total. The first-order valence-corrected chi connectivity index (χ1v) is 7.40. The van der Waals surface area contributed by atoms with Crippen LogP contribution >= 0.6 is 23.4 Å². The maximum Gasteiger partial charge on any atom is 0.108 e. The Balaban J connectivity index is 2.05. The maximum atomic E-state index is 9.44. The second-order valence-corrected chi connectivity index (χ2v) is 8.03. The number of hydrogen-bond acceptors (Lipinski definition) is 2. The first kappa shape index (κ1) is 13.8. The predicted octanol–water partition coefficient (Wildman–Crippen LogP) is 5.15. The van der Waals surface area contributed by atoms with Crippen molar-refractivity contribution < 1.29 is 0 Å². The molecule has 0 atom stereocenters. The van der Waals surface area contributed by atoms with E-state index in [9.17, 15) is 5.26 Å². The SMILES string of the molecule is CC(C)(C)C1CC(C#N)(Sc2ccc(Cl)cc2)C1. The van der Waals surface area contributed by atoms with Crippen molar-refractivity contribution in [3.8, 4) is 6.07 Å². The van der Waals surface area contributed by atoms with Crippen LogP contribution in [0.25, 0.3) is 0 Å². The van der Waals surface area contributed by atoms with E-state index in [1.807, 2.05) is 24.3 Å². The Kier molecular flexibility index (Phi) is 3.67. The van der Waals surface area contributed by atoms with Gasteiger partial charge in [-0.15, -0.1) is 11.8 Å². The van der Waals surface area contributed by atoms with E-state index in [0.717, 1.165) is 22.8 Å². The molecule has 1 aromatic carbocycles. The van der Waals surface area contributed by atoms with E-state index in [2.05, 4.69) is 26.8 Å². The molecule has 0 spiro atoms. The van der Waals surface area contributed by atoms with Crippen LogP contribution in [-0.4, -0.2) is 4.75 Å². The zero-order valence-electron chi connectivity index (χ0n) is 11.0. The van der Waals surface area contributed by atoms with E-state index in [-0.39, 0.29) is 4.75 Å². The number of halogens is 1. The molecule has 1 nitrogen and oxygen atoms in total. The van der Waals surface area contributed by atoms with Gasteiger partial charge in [-0.2, -0.15) is 5.26 Å². The Labute approximate surface area is 119 Å². The van der Waals surface area contributed by atoms with E-state index in [0.29, 0.717) is 11.3 Å². The highest BCUT2D eigenvalue weighted by Gasteiger charge is 2.49. The number of nitriles is 1. The number of hydrogen-bond donors (Lipinski definition) is 0. The van der Waals surface area contributed by atoms with Crippen molar-refractivity contribution in [1.82, 2.24) is 0 Å². The maximum absolute atomic E-state index is 9.44. The van der Waals surface area contributed by atoms with Crippen molar-refractivity contribution in [2.45, 2.75) is 43.3 Å². The third-order valence-corrected chi connectivity index (χ3v) is 5.28. The number of benzene rings is 1. The van der Waals surface area contributed by atoms with Gasteiger partial charge in [0.15, 0.2) is 0 Å². The summed E-state index contributed by atoms with van der Waals surface area (Å²) < 4.78 is -0.230. The van der Waals surface area contributed by atoms with Crippen LogP contribution in [0.15, 0.2) is 29.2 Å². The average molecular weight is 280 g/mol. The molecular weight excluding hydrogens is 262 g/mol. The highest BCUT2D eigenvalue weighted by molar-refractivity contribution is 8.01. The number of nitrogens with zero attached hydrogens (tertiary/aromatic N) is 1. The minimum absolute atomic E-state index is 0.230. The van der Waals surface area contributed by atoms with Crippen LogP contribution in [0.3, 0.4) is 0 Å². The van der Waals surface area contributed by atoms with Crippen LogP contribution < -0.4 is 0 Å². The zero-order chi connectivity index (χ0) is 13.4. The largest absolute Gasteiger partial charge is 0.197 e. The molecule has 96 valence electrons. The van der Waals surface area contributed by atoms with Gasteiger partial charge < -0.3 is 0 Å². The number of thioether (sulfide) groups is 1. The molecule has 0 radical (unpaired) electrons. The van der Waals surface area contributed by atoms with Gasteiger partial charge in [-0.05, 0) is 48.4 Å². The molecule has 1 aromatic rings. The van der Waals surface area contributed by atoms with E-state index >= 15 is 0 Å². The summed E-state index contributed by atoms with van der Waals surface area (Å²) in [6, 6.07) is 10.3. The van der Waals surface area contributed by atoms with E-state index in [1.165, 1.54) is 0 Å². The molecule has 18 heavy (non-hydrogen) atoms. The third kappa shape index (κ3) is 2.84. The van der Waals surface area contributed by atoms with Crippen LogP contribution in [0.1, 0.15) is 33.6 Å². The minimum Gasteiger partial charge on any atom is -0.197 e. The lowest BCUT2D eigenvalue weighted by atomic mass is 9.63. The molecule has 3 heteroatoms. The summed E-state index contributed by atoms with van der Waals surface area (Å²) in [5.74, 6) is 0.650. The lowest BCUT2D eigenvalue weighted by molar-refractivity contribution is 0.122. The van der Waals surface area contributed by atoms with Crippen LogP contribution in [0.4, 0.5) is 0 Å². The molecule has 0 unspecified atom stereocenters. The summed E-state index contributed by atoms with van der Waals surface area (Å²) in [6.45, 7) is 6.77. The van der Waals surface area contributed by atoms with Crippen molar-refractivity contribution >= 4 is 23.4 Å². The Morgan fingerprint density at radius 2 is 1.83 bits per heavy atom. The summed E-state index contributed by atoms with van der Waals surface area (Å²) in [6.07, 6.45) is 1.97. The quantitative estimate of drug-likeness (QED) is 0.747. The van der Waals surface area contributed by atoms with Crippen LogP contribution in [-0.2, 0) is 0 Å². The standard InChI is InChI=1S/C15H18ClNS/c1-14(2,3)11-8-15(9-11,10-17)18-13-6-4-12(16)5-7-13/h4-7,11H,8-9H2,1-3H3. The van der Waals surface area contributed by atoms with Gasteiger partial charge in [0.05, 0.1) is 6.07 Å². The van der Waals surface area contributed by atoms with Gasteiger partial charge in [-0.1, -0.05) is 32.4 Å². The van der Waals surface area contributed by atoms with Gasteiger partial charge in [-0.3, -0.25) is 0 Å². The first-order valence-electron chi connectivity index (χ1n) is 6.20. The Hall–Kier alpha value is -0.650. The normalized spacial score (nSPS) is 27.4. The Morgan fingerprint density at radius 1 is 1.28 bits per heavy atom. The van der Waals surface area contributed by atoms with Crippen molar-refractivity contribution in [1.29, 1.82) is 5.26 Å². The first-order chi connectivity index (χ1) is 8.35. The zero-order valence-corrected chi connectivity index (χ0v) is 12.6. The second-order valence-electron chi connectivity index (χ2n) is 6.13. The Morgan fingerprint density at radius 3 is 2.28 bits per heavy atom. The van der Waals surface area contributed by atoms with Gasteiger partial charge in [0.25, 0.3) is 0 Å². The summed E-state index contributed by atoms with van der Waals surface area (Å²) in [7, 11) is 0. The Bertz CT molecular complexity index is 461. The molecule has 2 rings (SSSR count). The van der Waals surface area contributed by atoms with Gasteiger partial charge in [0.1, 0.15) is 4.75 Å². The molecule has 0 saturated heterocycles. The van der Waals surface area contributed by atoms with E-state index in [4.69, 9.17) is 11.6 Å². The highest BCUT2D eigenvalue weighted by atomic mass is 35.5. The summed E-state index contributed by atoms with van der Waals surface area (Å²) in [5, 5.41) is 10.2. The minimum atomic E-state index is -0.230. The molecule has 0 bridgehead atoms. The van der Waals surface area contributed by atoms with E-state index in [1.54, 1.807) is 11.8 Å². The lowest BCUT2D eigenvalue weighted by Gasteiger charge is -2.48. The lowest BCUT2D eigenvalue weighted by Crippen LogP contribution is -2.45. The van der Waals surface area contributed by atoms with Gasteiger partial charge >= 0.3 is 0 Å². The van der Waals surface area contributed by atoms with Crippen molar-refractivity contribution in [3.63, 3.8) is 0 Å². The molecule has 1 aliphatic carbocycles. The van der Waals surface area contributed by atoms with Gasteiger partial charge in [0.2, 0.25) is 0 Å². The smallest absolute Gasteiger partial charge is 0.108 e. The van der Waals surface area contributed by atoms with E-state index < -0.39 is 0 Å². The molecule has 0 aromatic heterocycles. The summed E-state index contributed by atoms with van der Waals surface area (Å²) in [5.41, 5.74) is 0.306. The fraction of sp³-hybridized carbons (Fsp3) is 0.533. The molecule has 1 saturated carbocycles. The number of rotatable bonds is 2. The molecule has 0 heterocycles. The monoisotopic (exact) mass is 279 g/mol. The molecule has 1 fully saturated rings. The van der Waals surface area contributed by atoms with Gasteiger partial charge in [0, 0.05) is 9.92 Å². The highest BCUT2D eigenvalue weighted by Crippen LogP contribution is 2.55. The van der Waals surface area contributed by atoms with Crippen LogP contribution in [0.5, 0.6) is 0 Å².